The summed E-state index contributed by atoms with van der Waals surface area (Å²) in [6.45, 7) is 5.79. The highest BCUT2D eigenvalue weighted by Gasteiger charge is 2.14. The number of carbonyl (C=O) groups excluding carboxylic acids is 1. The Morgan fingerprint density at radius 2 is 1.44 bits per heavy atom. The van der Waals surface area contributed by atoms with Gasteiger partial charge < -0.3 is 14.2 Å². The molecule has 0 atom stereocenters. The fourth-order valence-electron chi connectivity index (χ4n) is 2.12. The molecule has 1 aromatic carbocycles. The Morgan fingerprint density at radius 1 is 0.889 bits per heavy atom. The Bertz CT molecular complexity index is 626. The first kappa shape index (κ1) is 23.6. The van der Waals surface area contributed by atoms with E-state index in [1.54, 1.807) is 31.2 Å². The second-order valence-electron chi connectivity index (χ2n) is 5.97. The van der Waals surface area contributed by atoms with Crippen LogP contribution in [0.5, 0.6) is 0 Å². The molecule has 0 aliphatic heterocycles. The first-order chi connectivity index (χ1) is 13.0. The maximum atomic E-state index is 12.0. The van der Waals surface area contributed by atoms with E-state index in [0.29, 0.717) is 32.8 Å². The van der Waals surface area contributed by atoms with Crippen LogP contribution in [0.2, 0.25) is 0 Å². The van der Waals surface area contributed by atoms with Gasteiger partial charge in [0.05, 0.1) is 18.1 Å². The van der Waals surface area contributed by atoms with Gasteiger partial charge in [0.15, 0.2) is 0 Å². The van der Waals surface area contributed by atoms with Gasteiger partial charge >= 0.3 is 5.97 Å². The molecule has 0 bridgehead atoms. The van der Waals surface area contributed by atoms with E-state index in [4.69, 9.17) is 18.4 Å². The van der Waals surface area contributed by atoms with Gasteiger partial charge in [-0.15, -0.1) is 0 Å². The van der Waals surface area contributed by atoms with E-state index in [9.17, 15) is 13.2 Å². The van der Waals surface area contributed by atoms with Crippen molar-refractivity contribution >= 4 is 16.1 Å². The molecular formula is C19H30O7S. The van der Waals surface area contributed by atoms with Crippen molar-refractivity contribution in [2.45, 2.75) is 44.4 Å². The second kappa shape index (κ2) is 13.7. The van der Waals surface area contributed by atoms with Crippen molar-refractivity contribution < 1.29 is 31.6 Å². The lowest BCUT2D eigenvalue weighted by Crippen LogP contribution is -2.13. The van der Waals surface area contributed by atoms with Crippen LogP contribution in [0.4, 0.5) is 0 Å². The summed E-state index contributed by atoms with van der Waals surface area (Å²) < 4.78 is 44.4. The highest BCUT2D eigenvalue weighted by Crippen LogP contribution is 2.13. The summed E-state index contributed by atoms with van der Waals surface area (Å²) in [4.78, 5) is 11.2. The van der Waals surface area contributed by atoms with E-state index in [-0.39, 0.29) is 24.1 Å². The van der Waals surface area contributed by atoms with Crippen LogP contribution in [0.15, 0.2) is 29.2 Å². The Labute approximate surface area is 162 Å². The summed E-state index contributed by atoms with van der Waals surface area (Å²) in [6, 6.07) is 6.58. The Balaban J connectivity index is 1.96. The lowest BCUT2D eigenvalue weighted by Gasteiger charge is -2.07. The Morgan fingerprint density at radius 3 is 2.04 bits per heavy atom. The van der Waals surface area contributed by atoms with Gasteiger partial charge in [-0.2, -0.15) is 8.42 Å². The van der Waals surface area contributed by atoms with Crippen LogP contribution in [-0.2, 0) is 33.3 Å². The van der Waals surface area contributed by atoms with Gasteiger partial charge in [-0.1, -0.05) is 17.7 Å². The molecule has 1 aromatic rings. The van der Waals surface area contributed by atoms with Crippen LogP contribution in [-0.4, -0.2) is 54.0 Å². The summed E-state index contributed by atoms with van der Waals surface area (Å²) in [5, 5.41) is 0. The van der Waals surface area contributed by atoms with E-state index in [1.807, 2.05) is 6.92 Å². The van der Waals surface area contributed by atoms with Crippen molar-refractivity contribution in [2.75, 3.05) is 39.6 Å². The molecular weight excluding hydrogens is 372 g/mol. The van der Waals surface area contributed by atoms with Crippen LogP contribution in [0, 0.1) is 6.92 Å². The molecule has 0 aliphatic carbocycles. The minimum atomic E-state index is -3.68. The average Bonchev–Trinajstić information content (AvgIpc) is 2.63. The van der Waals surface area contributed by atoms with E-state index in [0.717, 1.165) is 24.8 Å². The molecule has 0 aromatic heterocycles. The largest absolute Gasteiger partial charge is 0.464 e. The molecule has 1 rings (SSSR count). The zero-order valence-electron chi connectivity index (χ0n) is 16.1. The second-order valence-corrected chi connectivity index (χ2v) is 7.59. The first-order valence-electron chi connectivity index (χ1n) is 9.23. The summed E-state index contributed by atoms with van der Waals surface area (Å²) in [5.74, 6) is -0.347. The highest BCUT2D eigenvalue weighted by molar-refractivity contribution is 7.86. The number of carbonyl (C=O) groups is 1. The van der Waals surface area contributed by atoms with Crippen molar-refractivity contribution in [1.82, 2.24) is 0 Å². The standard InChI is InChI=1S/C19H30O7S/c1-3-25-19(20)16-24-14-5-4-12-23-13-6-7-15-26-27(21,22)18-10-8-17(2)9-11-18/h8-11H,3-7,12-16H2,1-2H3. The smallest absolute Gasteiger partial charge is 0.332 e. The molecule has 27 heavy (non-hydrogen) atoms. The molecule has 0 spiro atoms. The molecule has 0 saturated heterocycles. The summed E-state index contributed by atoms with van der Waals surface area (Å²) in [5.41, 5.74) is 0.997. The van der Waals surface area contributed by atoms with Crippen molar-refractivity contribution in [3.05, 3.63) is 29.8 Å². The zero-order chi connectivity index (χ0) is 20.0. The summed E-state index contributed by atoms with van der Waals surface area (Å²) >= 11 is 0. The average molecular weight is 403 g/mol. The van der Waals surface area contributed by atoms with E-state index in [2.05, 4.69) is 0 Å². The number of hydrogen-bond acceptors (Lipinski definition) is 7. The van der Waals surface area contributed by atoms with Crippen molar-refractivity contribution in [3.8, 4) is 0 Å². The van der Waals surface area contributed by atoms with Crippen LogP contribution < -0.4 is 0 Å². The molecule has 0 unspecified atom stereocenters. The fourth-order valence-corrected chi connectivity index (χ4v) is 3.06. The van der Waals surface area contributed by atoms with Gasteiger partial charge in [-0.25, -0.2) is 4.79 Å². The third-order valence-corrected chi connectivity index (χ3v) is 4.91. The van der Waals surface area contributed by atoms with Crippen molar-refractivity contribution in [2.24, 2.45) is 0 Å². The van der Waals surface area contributed by atoms with Gasteiger partial charge in [-0.3, -0.25) is 4.18 Å². The van der Waals surface area contributed by atoms with Crippen molar-refractivity contribution in [3.63, 3.8) is 0 Å². The number of esters is 1. The third-order valence-electron chi connectivity index (χ3n) is 3.58. The lowest BCUT2D eigenvalue weighted by atomic mass is 10.2. The molecule has 0 aliphatic rings. The van der Waals surface area contributed by atoms with Gasteiger partial charge in [-0.05, 0) is 51.7 Å². The molecule has 0 N–H and O–H groups in total. The fraction of sp³-hybridized carbons (Fsp3) is 0.632. The predicted octanol–water partition coefficient (Wildman–Crippen LogP) is 2.86. The molecule has 0 radical (unpaired) electrons. The number of hydrogen-bond donors (Lipinski definition) is 0. The summed E-state index contributed by atoms with van der Waals surface area (Å²) in [6.07, 6.45) is 2.97. The maximum absolute atomic E-state index is 12.0. The monoisotopic (exact) mass is 402 g/mol. The number of rotatable bonds is 15. The minimum Gasteiger partial charge on any atom is -0.464 e. The van der Waals surface area contributed by atoms with Gasteiger partial charge in [0.1, 0.15) is 6.61 Å². The third kappa shape index (κ3) is 11.1. The van der Waals surface area contributed by atoms with Crippen molar-refractivity contribution in [1.29, 1.82) is 0 Å². The van der Waals surface area contributed by atoms with Crippen LogP contribution in [0.3, 0.4) is 0 Å². The Kier molecular flexibility index (Phi) is 11.9. The molecule has 7 nitrogen and oxygen atoms in total. The van der Waals surface area contributed by atoms with Gasteiger partial charge in [0, 0.05) is 19.8 Å². The highest BCUT2D eigenvalue weighted by atomic mass is 32.2. The Hall–Kier alpha value is -1.48. The molecule has 8 heteroatoms. The van der Waals surface area contributed by atoms with Crippen LogP contribution in [0.1, 0.15) is 38.2 Å². The predicted molar refractivity (Wildman–Crippen MR) is 101 cm³/mol. The van der Waals surface area contributed by atoms with E-state index in [1.165, 1.54) is 0 Å². The molecule has 0 heterocycles. The number of benzene rings is 1. The van der Waals surface area contributed by atoms with Gasteiger partial charge in [0.25, 0.3) is 10.1 Å². The SMILES string of the molecule is CCOC(=O)COCCCCOCCCCOS(=O)(=O)c1ccc(C)cc1. The number of unbranched alkanes of at least 4 members (excludes halogenated alkanes) is 2. The number of ether oxygens (including phenoxy) is 3. The summed E-state index contributed by atoms with van der Waals surface area (Å²) in [7, 11) is -3.68. The number of aryl methyl sites for hydroxylation is 1. The molecule has 0 amide bonds. The van der Waals surface area contributed by atoms with Crippen LogP contribution >= 0.6 is 0 Å². The van der Waals surface area contributed by atoms with Crippen LogP contribution in [0.25, 0.3) is 0 Å². The maximum Gasteiger partial charge on any atom is 0.332 e. The van der Waals surface area contributed by atoms with E-state index >= 15 is 0 Å². The zero-order valence-corrected chi connectivity index (χ0v) is 17.0. The molecule has 0 saturated carbocycles. The quantitative estimate of drug-likeness (QED) is 0.253. The normalized spacial score (nSPS) is 11.5. The topological polar surface area (TPSA) is 88.1 Å². The van der Waals surface area contributed by atoms with Gasteiger partial charge in [0.2, 0.25) is 0 Å². The first-order valence-corrected chi connectivity index (χ1v) is 10.6. The molecule has 154 valence electrons. The molecule has 0 fully saturated rings. The lowest BCUT2D eigenvalue weighted by molar-refractivity contribution is -0.148. The minimum absolute atomic E-state index is 0.0137. The van der Waals surface area contributed by atoms with E-state index < -0.39 is 10.1 Å².